The van der Waals surface area contributed by atoms with E-state index >= 15 is 0 Å². The first kappa shape index (κ1) is 16.9. The number of anilines is 1. The third-order valence-corrected chi connectivity index (χ3v) is 3.12. The van der Waals surface area contributed by atoms with E-state index in [1.807, 2.05) is 13.0 Å². The fraction of sp³-hybridized carbons (Fsp3) is 0.750. The van der Waals surface area contributed by atoms with Crippen molar-refractivity contribution >= 4 is 5.82 Å². The van der Waals surface area contributed by atoms with Gasteiger partial charge in [0.1, 0.15) is 11.9 Å². The lowest BCUT2D eigenvalue weighted by molar-refractivity contribution is 0.0231. The average Bonchev–Trinajstić information content (AvgIpc) is 2.41. The van der Waals surface area contributed by atoms with Gasteiger partial charge in [-0.2, -0.15) is 0 Å². The molecule has 0 saturated carbocycles. The van der Waals surface area contributed by atoms with Gasteiger partial charge in [0.15, 0.2) is 5.82 Å². The van der Waals surface area contributed by atoms with Gasteiger partial charge in [-0.1, -0.05) is 34.6 Å². The molecule has 0 aliphatic carbocycles. The zero-order chi connectivity index (χ0) is 15.1. The van der Waals surface area contributed by atoms with Gasteiger partial charge >= 0.3 is 0 Å². The maximum Gasteiger partial charge on any atom is 0.160 e. The number of hydrogen-bond acceptors (Lipinski definition) is 4. The largest absolute Gasteiger partial charge is 0.370 e. The van der Waals surface area contributed by atoms with Gasteiger partial charge in [0.05, 0.1) is 0 Å². The van der Waals surface area contributed by atoms with Crippen molar-refractivity contribution in [1.29, 1.82) is 0 Å². The van der Waals surface area contributed by atoms with Crippen molar-refractivity contribution in [3.8, 4) is 0 Å². The zero-order valence-corrected chi connectivity index (χ0v) is 13.7. The molecular weight excluding hydrogens is 250 g/mol. The van der Waals surface area contributed by atoms with Gasteiger partial charge in [-0.3, -0.25) is 0 Å². The van der Waals surface area contributed by atoms with Crippen LogP contribution in [-0.2, 0) is 4.74 Å². The van der Waals surface area contributed by atoms with Crippen LogP contribution in [-0.4, -0.2) is 23.1 Å². The molecule has 0 aliphatic rings. The Kier molecular flexibility index (Phi) is 6.93. The molecule has 4 heteroatoms. The Hall–Kier alpha value is -1.16. The molecule has 0 amide bonds. The minimum atomic E-state index is -0.0409. The highest BCUT2D eigenvalue weighted by atomic mass is 16.5. The summed E-state index contributed by atoms with van der Waals surface area (Å²) in [5.41, 5.74) is 1.07. The van der Waals surface area contributed by atoms with E-state index in [1.165, 1.54) is 0 Å². The fourth-order valence-electron chi connectivity index (χ4n) is 2.00. The summed E-state index contributed by atoms with van der Waals surface area (Å²) in [6.07, 6.45) is 1.04. The van der Waals surface area contributed by atoms with Crippen molar-refractivity contribution < 1.29 is 4.74 Å². The normalized spacial score (nSPS) is 13.0. The summed E-state index contributed by atoms with van der Waals surface area (Å²) in [5, 5.41) is 3.36. The number of aromatic nitrogens is 2. The SMILES string of the molecule is CCCNc1cc(C(C)C)nc(C(OCC)C(C)C)n1. The van der Waals surface area contributed by atoms with Crippen LogP contribution < -0.4 is 5.32 Å². The van der Waals surface area contributed by atoms with Crippen molar-refractivity contribution in [3.63, 3.8) is 0 Å². The second-order valence-corrected chi connectivity index (χ2v) is 5.74. The third-order valence-electron chi connectivity index (χ3n) is 3.12. The summed E-state index contributed by atoms with van der Waals surface area (Å²) in [4.78, 5) is 9.35. The summed E-state index contributed by atoms with van der Waals surface area (Å²) in [5.74, 6) is 2.45. The van der Waals surface area contributed by atoms with E-state index in [-0.39, 0.29) is 6.10 Å². The average molecular weight is 279 g/mol. The number of rotatable bonds is 8. The molecule has 0 aromatic carbocycles. The van der Waals surface area contributed by atoms with Crippen LogP contribution in [0.25, 0.3) is 0 Å². The first-order valence-corrected chi connectivity index (χ1v) is 7.73. The van der Waals surface area contributed by atoms with Crippen molar-refractivity contribution in [2.45, 2.75) is 60.0 Å². The Balaban J connectivity index is 3.11. The molecule has 1 aromatic heterocycles. The van der Waals surface area contributed by atoms with E-state index in [0.29, 0.717) is 18.4 Å². The first-order chi connectivity index (χ1) is 9.49. The van der Waals surface area contributed by atoms with Crippen LogP contribution >= 0.6 is 0 Å². The number of hydrogen-bond donors (Lipinski definition) is 1. The van der Waals surface area contributed by atoms with E-state index in [1.54, 1.807) is 0 Å². The predicted molar refractivity (Wildman–Crippen MR) is 84.1 cm³/mol. The molecule has 0 fully saturated rings. The highest BCUT2D eigenvalue weighted by Gasteiger charge is 2.21. The maximum absolute atomic E-state index is 5.83. The zero-order valence-electron chi connectivity index (χ0n) is 13.7. The van der Waals surface area contributed by atoms with Gasteiger partial charge in [-0.25, -0.2) is 9.97 Å². The molecule has 114 valence electrons. The highest BCUT2D eigenvalue weighted by molar-refractivity contribution is 5.37. The van der Waals surface area contributed by atoms with Crippen LogP contribution in [0.1, 0.15) is 71.5 Å². The lowest BCUT2D eigenvalue weighted by atomic mass is 10.1. The van der Waals surface area contributed by atoms with E-state index < -0.39 is 0 Å². The standard InChI is InChI=1S/C16H29N3O/c1-7-9-17-14-10-13(11(3)4)18-16(19-14)15(12(5)6)20-8-2/h10-12,15H,7-9H2,1-6H3,(H,17,18,19). The summed E-state index contributed by atoms with van der Waals surface area (Å²) in [6, 6.07) is 2.05. The second-order valence-electron chi connectivity index (χ2n) is 5.74. The van der Waals surface area contributed by atoms with Gasteiger partial charge in [0.2, 0.25) is 0 Å². The van der Waals surface area contributed by atoms with Crippen molar-refractivity contribution in [2.75, 3.05) is 18.5 Å². The maximum atomic E-state index is 5.83. The molecule has 0 spiro atoms. The monoisotopic (exact) mass is 279 g/mol. The van der Waals surface area contributed by atoms with Crippen LogP contribution in [0.4, 0.5) is 5.82 Å². The lowest BCUT2D eigenvalue weighted by Crippen LogP contribution is -2.17. The number of nitrogens with zero attached hydrogens (tertiary/aromatic N) is 2. The molecule has 4 nitrogen and oxygen atoms in total. The Bertz CT molecular complexity index is 405. The molecule has 20 heavy (non-hydrogen) atoms. The van der Waals surface area contributed by atoms with Gasteiger partial charge in [0, 0.05) is 24.9 Å². The van der Waals surface area contributed by atoms with Gasteiger partial charge < -0.3 is 10.1 Å². The Morgan fingerprint density at radius 1 is 1.15 bits per heavy atom. The van der Waals surface area contributed by atoms with E-state index in [9.17, 15) is 0 Å². The van der Waals surface area contributed by atoms with Crippen LogP contribution in [0.15, 0.2) is 6.07 Å². The predicted octanol–water partition coefficient (Wildman–Crippen LogP) is 4.16. The van der Waals surface area contributed by atoms with Crippen LogP contribution in [0, 0.1) is 5.92 Å². The molecule has 1 heterocycles. The molecule has 1 N–H and O–H groups in total. The number of ether oxygens (including phenoxy) is 1. The molecule has 1 aromatic rings. The minimum absolute atomic E-state index is 0.0409. The molecule has 0 aliphatic heterocycles. The van der Waals surface area contributed by atoms with Gasteiger partial charge in [0.25, 0.3) is 0 Å². The molecular formula is C16H29N3O. The lowest BCUT2D eigenvalue weighted by Gasteiger charge is -2.21. The molecule has 0 radical (unpaired) electrons. The van der Waals surface area contributed by atoms with Crippen LogP contribution in [0.2, 0.25) is 0 Å². The van der Waals surface area contributed by atoms with Crippen molar-refractivity contribution in [3.05, 3.63) is 17.6 Å². The quantitative estimate of drug-likeness (QED) is 0.776. The minimum Gasteiger partial charge on any atom is -0.370 e. The summed E-state index contributed by atoms with van der Waals surface area (Å²) < 4.78 is 5.83. The molecule has 1 unspecified atom stereocenters. The van der Waals surface area contributed by atoms with Crippen LogP contribution in [0.5, 0.6) is 0 Å². The summed E-state index contributed by atoms with van der Waals surface area (Å²) in [6.45, 7) is 14.4. The van der Waals surface area contributed by atoms with Gasteiger partial charge in [-0.15, -0.1) is 0 Å². The summed E-state index contributed by atoms with van der Waals surface area (Å²) in [7, 11) is 0. The van der Waals surface area contributed by atoms with E-state index in [0.717, 1.165) is 30.3 Å². The number of nitrogens with one attached hydrogen (secondary N) is 1. The Morgan fingerprint density at radius 2 is 1.85 bits per heavy atom. The molecule has 1 rings (SSSR count). The topological polar surface area (TPSA) is 47.0 Å². The fourth-order valence-corrected chi connectivity index (χ4v) is 2.00. The third kappa shape index (κ3) is 4.75. The first-order valence-electron chi connectivity index (χ1n) is 7.73. The molecule has 0 saturated heterocycles. The highest BCUT2D eigenvalue weighted by Crippen LogP contribution is 2.26. The summed E-state index contributed by atoms with van der Waals surface area (Å²) >= 11 is 0. The molecule has 0 bridgehead atoms. The van der Waals surface area contributed by atoms with E-state index in [4.69, 9.17) is 9.72 Å². The molecule has 1 atom stereocenters. The van der Waals surface area contributed by atoms with E-state index in [2.05, 4.69) is 44.9 Å². The smallest absolute Gasteiger partial charge is 0.160 e. The van der Waals surface area contributed by atoms with Crippen LogP contribution in [0.3, 0.4) is 0 Å². The Morgan fingerprint density at radius 3 is 2.35 bits per heavy atom. The second kappa shape index (κ2) is 8.20. The van der Waals surface area contributed by atoms with Crippen molar-refractivity contribution in [2.24, 2.45) is 5.92 Å². The van der Waals surface area contributed by atoms with Crippen molar-refractivity contribution in [1.82, 2.24) is 9.97 Å². The Labute approximate surface area is 123 Å². The van der Waals surface area contributed by atoms with Gasteiger partial charge in [-0.05, 0) is 25.2 Å².